The van der Waals surface area contributed by atoms with Crippen molar-refractivity contribution >= 4 is 39.8 Å². The van der Waals surface area contributed by atoms with Crippen LogP contribution in [0.1, 0.15) is 18.9 Å². The lowest BCUT2D eigenvalue weighted by Crippen LogP contribution is -2.44. The van der Waals surface area contributed by atoms with Gasteiger partial charge in [0.15, 0.2) is 21.6 Å². The fraction of sp³-hybridized carbons (Fsp3) is 0.438. The van der Waals surface area contributed by atoms with Gasteiger partial charge >= 0.3 is 0 Å². The Morgan fingerprint density at radius 1 is 1.42 bits per heavy atom. The molecule has 26 heavy (non-hydrogen) atoms. The van der Waals surface area contributed by atoms with Crippen LogP contribution in [-0.4, -0.2) is 53.7 Å². The van der Waals surface area contributed by atoms with Crippen LogP contribution >= 0.6 is 24.0 Å². The first-order valence-electron chi connectivity index (χ1n) is 8.25. The van der Waals surface area contributed by atoms with E-state index in [1.165, 1.54) is 6.33 Å². The smallest absolute Gasteiger partial charge is 0.191 e. The van der Waals surface area contributed by atoms with Gasteiger partial charge in [0.05, 0.1) is 18.1 Å². The van der Waals surface area contributed by atoms with Gasteiger partial charge in [-0.2, -0.15) is 5.10 Å². The van der Waals surface area contributed by atoms with Gasteiger partial charge in [0.2, 0.25) is 0 Å². The number of hydrogen-bond donors (Lipinski definition) is 3. The molecule has 1 aromatic heterocycles. The maximum Gasteiger partial charge on any atom is 0.191 e. The van der Waals surface area contributed by atoms with Gasteiger partial charge in [0.1, 0.15) is 6.33 Å². The number of halogens is 1. The number of guanidine groups is 1. The molecule has 8 nitrogen and oxygen atoms in total. The highest BCUT2D eigenvalue weighted by atomic mass is 127. The van der Waals surface area contributed by atoms with Crippen LogP contribution in [-0.2, 0) is 16.4 Å². The molecule has 0 saturated carbocycles. The maximum absolute atomic E-state index is 11.6. The van der Waals surface area contributed by atoms with E-state index >= 15 is 0 Å². The average Bonchev–Trinajstić information content (AvgIpc) is 3.23. The molecular formula is C16H23IN6O2S. The van der Waals surface area contributed by atoms with Crippen molar-refractivity contribution in [3.8, 4) is 11.4 Å². The molecule has 0 aliphatic carbocycles. The number of hydrogen-bond acceptors (Lipinski definition) is 5. The topological polar surface area (TPSA) is 112 Å². The number of aliphatic imine (C=N–C) groups is 1. The molecular weight excluding hydrogens is 467 g/mol. The quantitative estimate of drug-likeness (QED) is 0.331. The Kier molecular flexibility index (Phi) is 7.38. The van der Waals surface area contributed by atoms with Gasteiger partial charge in [-0.25, -0.2) is 18.4 Å². The van der Waals surface area contributed by atoms with E-state index < -0.39 is 9.84 Å². The summed E-state index contributed by atoms with van der Waals surface area (Å²) >= 11 is 0. The van der Waals surface area contributed by atoms with Crippen LogP contribution in [0.15, 0.2) is 35.6 Å². The third-order valence-electron chi connectivity index (χ3n) is 3.95. The summed E-state index contributed by atoms with van der Waals surface area (Å²) in [6.45, 7) is 3.17. The molecule has 1 aliphatic heterocycles. The molecule has 1 saturated heterocycles. The van der Waals surface area contributed by atoms with E-state index in [9.17, 15) is 8.42 Å². The molecule has 3 N–H and O–H groups in total. The average molecular weight is 490 g/mol. The Morgan fingerprint density at radius 2 is 2.27 bits per heavy atom. The fourth-order valence-corrected chi connectivity index (χ4v) is 4.43. The van der Waals surface area contributed by atoms with E-state index in [2.05, 4.69) is 30.8 Å². The van der Waals surface area contributed by atoms with Crippen LogP contribution in [0.2, 0.25) is 0 Å². The van der Waals surface area contributed by atoms with Gasteiger partial charge in [-0.1, -0.05) is 18.2 Å². The largest absolute Gasteiger partial charge is 0.357 e. The molecule has 0 amide bonds. The highest BCUT2D eigenvalue weighted by Crippen LogP contribution is 2.16. The molecule has 3 rings (SSSR count). The van der Waals surface area contributed by atoms with E-state index in [4.69, 9.17) is 0 Å². The molecule has 1 fully saturated rings. The molecule has 10 heteroatoms. The number of benzene rings is 1. The van der Waals surface area contributed by atoms with Gasteiger partial charge in [-0.3, -0.25) is 5.10 Å². The minimum atomic E-state index is -2.92. The third kappa shape index (κ3) is 5.66. The number of nitrogens with zero attached hydrogens (tertiary/aromatic N) is 3. The summed E-state index contributed by atoms with van der Waals surface area (Å²) < 4.78 is 23.2. The minimum Gasteiger partial charge on any atom is -0.357 e. The second kappa shape index (κ2) is 9.31. The van der Waals surface area contributed by atoms with Crippen molar-refractivity contribution in [2.24, 2.45) is 4.99 Å². The van der Waals surface area contributed by atoms with Crippen molar-refractivity contribution in [1.82, 2.24) is 25.8 Å². The lowest BCUT2D eigenvalue weighted by molar-refractivity contribution is 0.599. The molecule has 2 aromatic rings. The van der Waals surface area contributed by atoms with E-state index in [0.717, 1.165) is 11.1 Å². The summed E-state index contributed by atoms with van der Waals surface area (Å²) in [5.74, 6) is 1.75. The lowest BCUT2D eigenvalue weighted by Gasteiger charge is -2.15. The number of aromatic nitrogens is 3. The van der Waals surface area contributed by atoms with Crippen LogP contribution in [0.5, 0.6) is 0 Å². The predicted octanol–water partition coefficient (Wildman–Crippen LogP) is 1.33. The zero-order valence-corrected chi connectivity index (χ0v) is 17.6. The van der Waals surface area contributed by atoms with Crippen LogP contribution in [0, 0.1) is 0 Å². The van der Waals surface area contributed by atoms with Crippen molar-refractivity contribution < 1.29 is 8.42 Å². The molecule has 1 unspecified atom stereocenters. The first-order valence-corrected chi connectivity index (χ1v) is 10.1. The molecule has 0 radical (unpaired) electrons. The van der Waals surface area contributed by atoms with E-state index in [1.807, 2.05) is 31.2 Å². The lowest BCUT2D eigenvalue weighted by atomic mass is 10.1. The van der Waals surface area contributed by atoms with Gasteiger partial charge in [-0.05, 0) is 25.0 Å². The predicted molar refractivity (Wildman–Crippen MR) is 112 cm³/mol. The van der Waals surface area contributed by atoms with Crippen molar-refractivity contribution in [3.05, 3.63) is 36.2 Å². The van der Waals surface area contributed by atoms with Crippen LogP contribution in [0.4, 0.5) is 0 Å². The van der Waals surface area contributed by atoms with Crippen molar-refractivity contribution in [1.29, 1.82) is 0 Å². The monoisotopic (exact) mass is 490 g/mol. The summed E-state index contributed by atoms with van der Waals surface area (Å²) in [6.07, 6.45) is 2.09. The summed E-state index contributed by atoms with van der Waals surface area (Å²) in [5.41, 5.74) is 1.98. The van der Waals surface area contributed by atoms with Crippen molar-refractivity contribution in [2.75, 3.05) is 18.1 Å². The fourth-order valence-electron chi connectivity index (χ4n) is 2.75. The summed E-state index contributed by atoms with van der Waals surface area (Å²) in [4.78, 5) is 8.72. The highest BCUT2D eigenvalue weighted by Gasteiger charge is 2.28. The molecule has 142 valence electrons. The maximum atomic E-state index is 11.6. The first kappa shape index (κ1) is 20.6. The van der Waals surface area contributed by atoms with Gasteiger partial charge in [0.25, 0.3) is 0 Å². The second-order valence-corrected chi connectivity index (χ2v) is 8.20. The number of sulfone groups is 1. The Labute approximate surface area is 170 Å². The summed E-state index contributed by atoms with van der Waals surface area (Å²) in [7, 11) is -2.92. The van der Waals surface area contributed by atoms with Crippen molar-refractivity contribution in [3.63, 3.8) is 0 Å². The molecule has 1 atom stereocenters. The second-order valence-electron chi connectivity index (χ2n) is 5.97. The zero-order chi connectivity index (χ0) is 17.7. The van der Waals surface area contributed by atoms with Gasteiger partial charge in [0, 0.05) is 18.2 Å². The van der Waals surface area contributed by atoms with E-state index in [0.29, 0.717) is 31.3 Å². The molecule has 1 aromatic carbocycles. The molecule has 0 spiro atoms. The summed E-state index contributed by atoms with van der Waals surface area (Å²) in [6, 6.07) is 7.83. The third-order valence-corrected chi connectivity index (χ3v) is 5.72. The SMILES string of the molecule is CCNC(=NCc1cccc(-c2ncn[nH]2)c1)NC1CCS(=O)(=O)C1.I. The van der Waals surface area contributed by atoms with Crippen LogP contribution in [0.25, 0.3) is 11.4 Å². The highest BCUT2D eigenvalue weighted by molar-refractivity contribution is 14.0. The number of nitrogens with one attached hydrogen (secondary N) is 3. The standard InChI is InChI=1S/C16H22N6O2S.HI/c1-2-17-16(21-14-6-7-25(23,24)10-14)18-9-12-4-3-5-13(8-12)15-19-11-20-22-15;/h3-5,8,11,14H,2,6-7,9-10H2,1H3,(H2,17,18,21)(H,19,20,22);1H. The minimum absolute atomic E-state index is 0. The normalized spacial score (nSPS) is 19.0. The Balaban J connectivity index is 0.00000243. The molecule has 1 aliphatic rings. The van der Waals surface area contributed by atoms with E-state index in [-0.39, 0.29) is 41.5 Å². The van der Waals surface area contributed by atoms with Crippen molar-refractivity contribution in [2.45, 2.75) is 25.9 Å². The van der Waals surface area contributed by atoms with E-state index in [1.54, 1.807) is 0 Å². The Morgan fingerprint density at radius 3 is 2.92 bits per heavy atom. The van der Waals surface area contributed by atoms with Crippen LogP contribution in [0.3, 0.4) is 0 Å². The van der Waals surface area contributed by atoms with Gasteiger partial charge < -0.3 is 10.6 Å². The first-order chi connectivity index (χ1) is 12.1. The molecule has 0 bridgehead atoms. The molecule has 2 heterocycles. The Bertz CT molecular complexity index is 838. The number of aromatic amines is 1. The van der Waals surface area contributed by atoms with Crippen LogP contribution < -0.4 is 10.6 Å². The summed E-state index contributed by atoms with van der Waals surface area (Å²) in [5, 5.41) is 13.1. The zero-order valence-electron chi connectivity index (χ0n) is 14.5. The number of H-pyrrole nitrogens is 1. The Hall–Kier alpha value is -1.69. The van der Waals surface area contributed by atoms with Gasteiger partial charge in [-0.15, -0.1) is 24.0 Å². The number of rotatable bonds is 5.